The Balaban J connectivity index is 2.26. The Morgan fingerprint density at radius 1 is 1.53 bits per heavy atom. The number of nitrogens with two attached hydrogens (primary N) is 1. The van der Waals surface area contributed by atoms with E-state index >= 15 is 0 Å². The van der Waals surface area contributed by atoms with Crippen LogP contribution < -0.4 is 11.3 Å². The van der Waals surface area contributed by atoms with Gasteiger partial charge in [-0.2, -0.15) is 0 Å². The predicted octanol–water partition coefficient (Wildman–Crippen LogP) is 4.23. The molecule has 2 nitrogen and oxygen atoms in total. The second-order valence-electron chi connectivity index (χ2n) is 5.62. The van der Waals surface area contributed by atoms with Crippen LogP contribution in [0.5, 0.6) is 0 Å². The van der Waals surface area contributed by atoms with E-state index in [1.165, 1.54) is 35.0 Å². The molecule has 0 aliphatic heterocycles. The Bertz CT molecular complexity index is 375. The van der Waals surface area contributed by atoms with Gasteiger partial charge in [0.05, 0.1) is 6.04 Å². The van der Waals surface area contributed by atoms with Crippen LogP contribution in [0.15, 0.2) is 15.9 Å². The zero-order valence-electron chi connectivity index (χ0n) is 10.5. The molecule has 0 aromatic carbocycles. The number of hydrogen-bond acceptors (Lipinski definition) is 3. The van der Waals surface area contributed by atoms with Crippen LogP contribution in [-0.2, 0) is 0 Å². The molecule has 0 amide bonds. The fraction of sp³-hybridized carbons (Fsp3) is 0.692. The minimum atomic E-state index is 0.277. The van der Waals surface area contributed by atoms with Gasteiger partial charge in [0, 0.05) is 9.35 Å². The van der Waals surface area contributed by atoms with Crippen molar-refractivity contribution in [3.05, 3.63) is 20.8 Å². The van der Waals surface area contributed by atoms with Gasteiger partial charge in [-0.3, -0.25) is 11.3 Å². The normalized spacial score (nSPS) is 25.8. The van der Waals surface area contributed by atoms with E-state index < -0.39 is 0 Å². The van der Waals surface area contributed by atoms with Crippen molar-refractivity contribution >= 4 is 27.3 Å². The second-order valence-corrected chi connectivity index (χ2v) is 7.42. The van der Waals surface area contributed by atoms with Gasteiger partial charge in [-0.05, 0) is 51.6 Å². The summed E-state index contributed by atoms with van der Waals surface area (Å²) in [7, 11) is 0. The fourth-order valence-corrected chi connectivity index (χ4v) is 4.79. The monoisotopic (exact) mass is 316 g/mol. The first-order chi connectivity index (χ1) is 8.06. The molecule has 1 aromatic heterocycles. The van der Waals surface area contributed by atoms with E-state index in [1.807, 2.05) is 0 Å². The highest BCUT2D eigenvalue weighted by Gasteiger charge is 2.38. The summed E-state index contributed by atoms with van der Waals surface area (Å²) in [6.07, 6.45) is 5.26. The third-order valence-electron chi connectivity index (χ3n) is 4.10. The van der Waals surface area contributed by atoms with Crippen molar-refractivity contribution in [2.45, 2.75) is 45.6 Å². The molecule has 17 heavy (non-hydrogen) atoms. The summed E-state index contributed by atoms with van der Waals surface area (Å²) in [6, 6.07) is 2.39. The third-order valence-corrected chi connectivity index (χ3v) is 6.05. The minimum Gasteiger partial charge on any atom is -0.271 e. The summed E-state index contributed by atoms with van der Waals surface area (Å²) in [5.41, 5.74) is 3.42. The molecule has 96 valence electrons. The van der Waals surface area contributed by atoms with Gasteiger partial charge in [-0.25, -0.2) is 0 Å². The van der Waals surface area contributed by atoms with Gasteiger partial charge in [-0.15, -0.1) is 11.3 Å². The van der Waals surface area contributed by atoms with Crippen LogP contribution in [0.4, 0.5) is 0 Å². The lowest BCUT2D eigenvalue weighted by molar-refractivity contribution is 0.0993. The number of hydrazine groups is 1. The average Bonchev–Trinajstić information content (AvgIpc) is 2.68. The van der Waals surface area contributed by atoms with Gasteiger partial charge in [0.15, 0.2) is 0 Å². The minimum absolute atomic E-state index is 0.277. The van der Waals surface area contributed by atoms with Crippen molar-refractivity contribution in [1.82, 2.24) is 5.43 Å². The highest BCUT2D eigenvalue weighted by Crippen LogP contribution is 2.48. The molecule has 1 saturated carbocycles. The Hall–Kier alpha value is 0.100. The van der Waals surface area contributed by atoms with Crippen molar-refractivity contribution in [2.24, 2.45) is 17.2 Å². The maximum Gasteiger partial charge on any atom is 0.0597 e. The molecule has 1 fully saturated rings. The van der Waals surface area contributed by atoms with Crippen LogP contribution in [0.2, 0.25) is 0 Å². The lowest BCUT2D eigenvalue weighted by Gasteiger charge is -2.42. The zero-order valence-corrected chi connectivity index (χ0v) is 12.9. The van der Waals surface area contributed by atoms with E-state index in [-0.39, 0.29) is 6.04 Å². The smallest absolute Gasteiger partial charge is 0.0597 e. The van der Waals surface area contributed by atoms with Crippen molar-refractivity contribution in [2.75, 3.05) is 0 Å². The van der Waals surface area contributed by atoms with E-state index in [9.17, 15) is 0 Å². The van der Waals surface area contributed by atoms with Gasteiger partial charge in [0.1, 0.15) is 0 Å². The maximum absolute atomic E-state index is 5.82. The molecule has 1 heterocycles. The number of nitrogens with one attached hydrogen (secondary N) is 1. The largest absolute Gasteiger partial charge is 0.271 e. The van der Waals surface area contributed by atoms with E-state index in [0.717, 1.165) is 0 Å². The molecular weight excluding hydrogens is 296 g/mol. The molecule has 0 saturated heterocycles. The van der Waals surface area contributed by atoms with Gasteiger partial charge in [0.2, 0.25) is 0 Å². The molecule has 1 aliphatic carbocycles. The molecule has 1 aromatic rings. The molecule has 4 heteroatoms. The van der Waals surface area contributed by atoms with E-state index in [0.29, 0.717) is 11.3 Å². The Morgan fingerprint density at radius 3 is 2.82 bits per heavy atom. The molecule has 2 atom stereocenters. The standard InChI is InChI=1S/C13H21BrN2S/c1-13(2)7-4-3-5-9(13)11(16-15)12-10(14)6-8-17-12/h6,8-9,11,16H,3-5,7,15H2,1-2H3. The summed E-state index contributed by atoms with van der Waals surface area (Å²) < 4.78 is 1.19. The van der Waals surface area contributed by atoms with Gasteiger partial charge < -0.3 is 0 Å². The Kier molecular flexibility index (Phi) is 4.29. The molecule has 2 rings (SSSR count). The van der Waals surface area contributed by atoms with Gasteiger partial charge in [0.25, 0.3) is 0 Å². The van der Waals surface area contributed by atoms with Gasteiger partial charge >= 0.3 is 0 Å². The van der Waals surface area contributed by atoms with Crippen LogP contribution in [0.1, 0.15) is 50.4 Å². The van der Waals surface area contributed by atoms with Gasteiger partial charge in [-0.1, -0.05) is 26.7 Å². The Morgan fingerprint density at radius 2 is 2.29 bits per heavy atom. The first kappa shape index (κ1) is 13.5. The lowest BCUT2D eigenvalue weighted by atomic mass is 9.66. The lowest BCUT2D eigenvalue weighted by Crippen LogP contribution is -2.41. The number of thiophene rings is 1. The van der Waals surface area contributed by atoms with Crippen LogP contribution in [-0.4, -0.2) is 0 Å². The van der Waals surface area contributed by atoms with Crippen LogP contribution in [0.25, 0.3) is 0 Å². The van der Waals surface area contributed by atoms with Crippen molar-refractivity contribution in [3.63, 3.8) is 0 Å². The average molecular weight is 317 g/mol. The van der Waals surface area contributed by atoms with Crippen molar-refractivity contribution in [1.29, 1.82) is 0 Å². The molecule has 3 N–H and O–H groups in total. The summed E-state index contributed by atoms with van der Waals surface area (Å²) in [4.78, 5) is 1.34. The predicted molar refractivity (Wildman–Crippen MR) is 77.8 cm³/mol. The molecule has 1 aliphatic rings. The highest BCUT2D eigenvalue weighted by atomic mass is 79.9. The third kappa shape index (κ3) is 2.75. The second kappa shape index (κ2) is 5.39. The maximum atomic E-state index is 5.82. The van der Waals surface area contributed by atoms with Crippen LogP contribution in [0, 0.1) is 11.3 Å². The molecular formula is C13H21BrN2S. The molecule has 0 radical (unpaired) electrons. The number of hydrogen-bond donors (Lipinski definition) is 2. The number of halogens is 1. The quantitative estimate of drug-likeness (QED) is 0.647. The summed E-state index contributed by atoms with van der Waals surface area (Å²) in [5.74, 6) is 6.44. The van der Waals surface area contributed by atoms with Crippen LogP contribution in [0.3, 0.4) is 0 Å². The van der Waals surface area contributed by atoms with E-state index in [2.05, 4.69) is 46.6 Å². The van der Waals surface area contributed by atoms with E-state index in [4.69, 9.17) is 5.84 Å². The van der Waals surface area contributed by atoms with Crippen molar-refractivity contribution in [3.8, 4) is 0 Å². The first-order valence-corrected chi connectivity index (χ1v) is 7.92. The van der Waals surface area contributed by atoms with Crippen LogP contribution >= 0.6 is 27.3 Å². The molecule has 0 bridgehead atoms. The summed E-state index contributed by atoms with van der Waals surface area (Å²) in [6.45, 7) is 4.76. The Labute approximate surface area is 116 Å². The highest BCUT2D eigenvalue weighted by molar-refractivity contribution is 9.10. The fourth-order valence-electron chi connectivity index (χ4n) is 3.04. The first-order valence-electron chi connectivity index (χ1n) is 6.25. The SMILES string of the molecule is CC1(C)CCCCC1C(NN)c1sccc1Br. The molecule has 0 spiro atoms. The number of rotatable bonds is 3. The molecule has 2 unspecified atom stereocenters. The summed E-state index contributed by atoms with van der Waals surface area (Å²) in [5, 5.41) is 2.12. The topological polar surface area (TPSA) is 38.0 Å². The summed E-state index contributed by atoms with van der Waals surface area (Å²) >= 11 is 5.41. The van der Waals surface area contributed by atoms with E-state index in [1.54, 1.807) is 11.3 Å². The zero-order chi connectivity index (χ0) is 12.5. The van der Waals surface area contributed by atoms with Crippen molar-refractivity contribution < 1.29 is 0 Å².